The summed E-state index contributed by atoms with van der Waals surface area (Å²) in [6.07, 6.45) is 0. The molecule has 17 heavy (non-hydrogen) atoms. The topological polar surface area (TPSA) is 0 Å². The summed E-state index contributed by atoms with van der Waals surface area (Å²) in [4.78, 5) is 0. The van der Waals surface area contributed by atoms with Gasteiger partial charge in [-0.3, -0.25) is 0 Å². The van der Waals surface area contributed by atoms with E-state index in [4.69, 9.17) is 46.4 Å². The molecule has 0 aliphatic rings. The van der Waals surface area contributed by atoms with Crippen molar-refractivity contribution in [2.75, 3.05) is 0 Å². The molecule has 0 aliphatic carbocycles. The lowest BCUT2D eigenvalue weighted by Gasteiger charge is -2.10. The van der Waals surface area contributed by atoms with Crippen LogP contribution in [0, 0.1) is 6.92 Å². The second kappa shape index (κ2) is 5.07. The lowest BCUT2D eigenvalue weighted by atomic mass is 10.0. The third-order valence-electron chi connectivity index (χ3n) is 2.50. The molecule has 0 N–H and O–H groups in total. The van der Waals surface area contributed by atoms with Crippen molar-refractivity contribution in [2.45, 2.75) is 6.92 Å². The Balaban J connectivity index is 2.68. The fraction of sp³-hybridized carbons (Fsp3) is 0.0769. The summed E-state index contributed by atoms with van der Waals surface area (Å²) < 4.78 is 0. The van der Waals surface area contributed by atoms with Crippen LogP contribution in [0.25, 0.3) is 11.1 Å². The molecule has 0 fully saturated rings. The first-order valence-electron chi connectivity index (χ1n) is 4.90. The summed E-state index contributed by atoms with van der Waals surface area (Å²) in [6.45, 7) is 1.94. The van der Waals surface area contributed by atoms with E-state index in [0.29, 0.717) is 25.7 Å². The van der Waals surface area contributed by atoms with E-state index in [9.17, 15) is 0 Å². The third kappa shape index (κ3) is 2.56. The Morgan fingerprint density at radius 2 is 1.41 bits per heavy atom. The van der Waals surface area contributed by atoms with E-state index in [1.165, 1.54) is 0 Å². The van der Waals surface area contributed by atoms with Gasteiger partial charge in [-0.2, -0.15) is 0 Å². The van der Waals surface area contributed by atoms with Crippen LogP contribution in [0.3, 0.4) is 0 Å². The average molecular weight is 306 g/mol. The zero-order chi connectivity index (χ0) is 12.6. The van der Waals surface area contributed by atoms with E-state index < -0.39 is 0 Å². The Morgan fingerprint density at radius 1 is 0.765 bits per heavy atom. The molecule has 0 nitrogen and oxygen atoms in total. The molecule has 0 bridgehead atoms. The van der Waals surface area contributed by atoms with Crippen LogP contribution in [0.5, 0.6) is 0 Å². The van der Waals surface area contributed by atoms with Crippen molar-refractivity contribution in [3.8, 4) is 11.1 Å². The summed E-state index contributed by atoms with van der Waals surface area (Å²) in [7, 11) is 0. The van der Waals surface area contributed by atoms with Gasteiger partial charge in [0.15, 0.2) is 0 Å². The average Bonchev–Trinajstić information content (AvgIpc) is 2.29. The van der Waals surface area contributed by atoms with E-state index >= 15 is 0 Å². The molecule has 0 aliphatic heterocycles. The van der Waals surface area contributed by atoms with Crippen molar-refractivity contribution in [1.29, 1.82) is 0 Å². The second-order valence-corrected chi connectivity index (χ2v) is 5.28. The Bertz CT molecular complexity index is 576. The highest BCUT2D eigenvalue weighted by atomic mass is 35.5. The van der Waals surface area contributed by atoms with E-state index in [-0.39, 0.29) is 0 Å². The minimum Gasteiger partial charge on any atom is -0.0840 e. The van der Waals surface area contributed by atoms with Crippen molar-refractivity contribution >= 4 is 46.4 Å². The highest BCUT2D eigenvalue weighted by Gasteiger charge is 2.12. The lowest BCUT2D eigenvalue weighted by Crippen LogP contribution is -1.84. The van der Waals surface area contributed by atoms with E-state index in [0.717, 1.165) is 11.1 Å². The first-order valence-corrected chi connectivity index (χ1v) is 6.42. The molecular formula is C13H8Cl4. The van der Waals surface area contributed by atoms with Gasteiger partial charge < -0.3 is 0 Å². The summed E-state index contributed by atoms with van der Waals surface area (Å²) in [5.74, 6) is 0. The highest BCUT2D eigenvalue weighted by Crippen LogP contribution is 2.39. The van der Waals surface area contributed by atoms with Crippen LogP contribution in [0.1, 0.15) is 5.56 Å². The highest BCUT2D eigenvalue weighted by molar-refractivity contribution is 6.46. The quantitative estimate of drug-likeness (QED) is 0.544. The van der Waals surface area contributed by atoms with Crippen molar-refractivity contribution in [1.82, 2.24) is 0 Å². The Hall–Kier alpha value is -0.400. The van der Waals surface area contributed by atoms with Crippen molar-refractivity contribution in [3.63, 3.8) is 0 Å². The molecule has 0 heterocycles. The Morgan fingerprint density at radius 3 is 2.06 bits per heavy atom. The minimum absolute atomic E-state index is 0.444. The molecule has 0 saturated carbocycles. The van der Waals surface area contributed by atoms with Gasteiger partial charge in [0.25, 0.3) is 0 Å². The van der Waals surface area contributed by atoms with Crippen LogP contribution in [0.4, 0.5) is 0 Å². The number of aryl methyl sites for hydroxylation is 1. The van der Waals surface area contributed by atoms with Gasteiger partial charge in [0.05, 0.1) is 10.0 Å². The van der Waals surface area contributed by atoms with Crippen LogP contribution in [-0.4, -0.2) is 0 Å². The predicted molar refractivity (Wildman–Crippen MR) is 76.7 cm³/mol. The van der Waals surface area contributed by atoms with Crippen LogP contribution >= 0.6 is 46.4 Å². The molecule has 0 spiro atoms. The summed E-state index contributed by atoms with van der Waals surface area (Å²) in [5.41, 5.74) is 2.57. The Kier molecular flexibility index (Phi) is 3.89. The fourth-order valence-electron chi connectivity index (χ4n) is 1.54. The Labute approximate surface area is 120 Å². The molecule has 2 rings (SSSR count). The maximum absolute atomic E-state index is 6.17. The summed E-state index contributed by atoms with van der Waals surface area (Å²) in [5, 5.41) is 2.15. The standard InChI is InChI=1S/C13H8Cl4/c1-7-2-3-8(6-11(7)16)12-9(14)4-5-10(15)13(12)17/h2-6H,1H3. The smallest absolute Gasteiger partial charge is 0.0685 e. The maximum Gasteiger partial charge on any atom is 0.0685 e. The summed E-state index contributed by atoms with van der Waals surface area (Å²) >= 11 is 24.4. The minimum atomic E-state index is 0.444. The first-order chi connectivity index (χ1) is 8.00. The monoisotopic (exact) mass is 304 g/mol. The molecule has 0 unspecified atom stereocenters. The van der Waals surface area contributed by atoms with Crippen LogP contribution in [0.15, 0.2) is 30.3 Å². The van der Waals surface area contributed by atoms with Crippen LogP contribution in [0.2, 0.25) is 20.1 Å². The number of benzene rings is 2. The first kappa shape index (κ1) is 13.0. The molecular weight excluding hydrogens is 298 g/mol. The van der Waals surface area contributed by atoms with Gasteiger partial charge in [-0.05, 0) is 36.2 Å². The van der Waals surface area contributed by atoms with Crippen molar-refractivity contribution in [3.05, 3.63) is 56.0 Å². The molecule has 0 aromatic heterocycles. The molecule has 2 aromatic carbocycles. The number of hydrogen-bond donors (Lipinski definition) is 0. The number of halogens is 4. The normalized spacial score (nSPS) is 10.6. The van der Waals surface area contributed by atoms with Gasteiger partial charge in [0.1, 0.15) is 0 Å². The molecule has 0 amide bonds. The van der Waals surface area contributed by atoms with Gasteiger partial charge in [-0.15, -0.1) is 0 Å². The van der Waals surface area contributed by atoms with Gasteiger partial charge in [0, 0.05) is 15.6 Å². The fourth-order valence-corrected chi connectivity index (χ4v) is 2.47. The number of hydrogen-bond acceptors (Lipinski definition) is 0. The van der Waals surface area contributed by atoms with E-state index in [2.05, 4.69) is 0 Å². The van der Waals surface area contributed by atoms with Gasteiger partial charge in [-0.1, -0.05) is 58.5 Å². The number of rotatable bonds is 1. The third-order valence-corrected chi connectivity index (χ3v) is 4.03. The molecule has 88 valence electrons. The molecule has 0 saturated heterocycles. The predicted octanol–water partition coefficient (Wildman–Crippen LogP) is 6.28. The van der Waals surface area contributed by atoms with Gasteiger partial charge in [-0.25, -0.2) is 0 Å². The lowest BCUT2D eigenvalue weighted by molar-refractivity contribution is 1.47. The molecule has 4 heteroatoms. The van der Waals surface area contributed by atoms with Gasteiger partial charge >= 0.3 is 0 Å². The van der Waals surface area contributed by atoms with Gasteiger partial charge in [0.2, 0.25) is 0 Å². The molecule has 0 radical (unpaired) electrons. The summed E-state index contributed by atoms with van der Waals surface area (Å²) in [6, 6.07) is 9.07. The zero-order valence-corrected chi connectivity index (χ0v) is 11.9. The van der Waals surface area contributed by atoms with Crippen molar-refractivity contribution < 1.29 is 0 Å². The van der Waals surface area contributed by atoms with E-state index in [1.807, 2.05) is 25.1 Å². The largest absolute Gasteiger partial charge is 0.0840 e. The van der Waals surface area contributed by atoms with E-state index in [1.54, 1.807) is 12.1 Å². The van der Waals surface area contributed by atoms with Crippen molar-refractivity contribution in [2.24, 2.45) is 0 Å². The molecule has 0 atom stereocenters. The molecule has 2 aromatic rings. The maximum atomic E-state index is 6.17. The second-order valence-electron chi connectivity index (χ2n) is 3.68. The van der Waals surface area contributed by atoms with Crippen LogP contribution in [-0.2, 0) is 0 Å². The van der Waals surface area contributed by atoms with Crippen LogP contribution < -0.4 is 0 Å². The SMILES string of the molecule is Cc1ccc(-c2c(Cl)ccc(Cl)c2Cl)cc1Cl. The zero-order valence-electron chi connectivity index (χ0n) is 8.90.